The zero-order valence-corrected chi connectivity index (χ0v) is 24.1. The molecule has 0 aromatic heterocycles. The summed E-state index contributed by atoms with van der Waals surface area (Å²) < 4.78 is 5.10. The van der Waals surface area contributed by atoms with Gasteiger partial charge >= 0.3 is 6.09 Å². The summed E-state index contributed by atoms with van der Waals surface area (Å²) in [5, 5.41) is 5.02. The number of alkyl carbamates (subject to hydrolysis) is 1. The van der Waals surface area contributed by atoms with E-state index in [2.05, 4.69) is 45.3 Å². The number of carbonyl (C=O) groups is 5. The van der Waals surface area contributed by atoms with Crippen LogP contribution in [0.5, 0.6) is 0 Å². The number of carbonyl (C=O) groups excluding carboxylic acids is 5. The zero-order chi connectivity index (χ0) is 28.8. The summed E-state index contributed by atoms with van der Waals surface area (Å²) in [5.74, 6) is -1.71. The number of ether oxygens (including phenoxy) is 1. The highest BCUT2D eigenvalue weighted by molar-refractivity contribution is 6.37. The fourth-order valence-corrected chi connectivity index (χ4v) is 3.63. The normalized spacial score (nSPS) is 17.8. The summed E-state index contributed by atoms with van der Waals surface area (Å²) in [4.78, 5) is 61.9. The van der Waals surface area contributed by atoms with Crippen molar-refractivity contribution >= 4 is 29.6 Å². The Bertz CT molecular complexity index is 756. The maximum atomic E-state index is 12.8. The fraction of sp³-hybridized carbons (Fsp3) is 0.815. The van der Waals surface area contributed by atoms with Gasteiger partial charge in [-0.3, -0.25) is 19.2 Å². The fourth-order valence-electron chi connectivity index (χ4n) is 3.63. The number of rotatable bonds is 8. The number of hydrogen-bond donors (Lipinski definition) is 3. The number of Topliss-reactive ketones (excluding diaryl/α,β-unsaturated/α-hetero) is 1. The van der Waals surface area contributed by atoms with E-state index >= 15 is 0 Å². The van der Waals surface area contributed by atoms with Crippen molar-refractivity contribution in [2.75, 3.05) is 13.1 Å². The molecule has 37 heavy (non-hydrogen) atoms. The molecule has 0 aromatic carbocycles. The second-order valence-electron chi connectivity index (χ2n) is 11.4. The summed E-state index contributed by atoms with van der Waals surface area (Å²) in [6, 6.07) is -1.74. The predicted molar refractivity (Wildman–Crippen MR) is 144 cm³/mol. The summed E-state index contributed by atoms with van der Waals surface area (Å²) in [5.41, 5.74) is 4.44. The van der Waals surface area contributed by atoms with E-state index in [0.29, 0.717) is 25.8 Å². The molecule has 0 spiro atoms. The maximum Gasteiger partial charge on any atom is 0.408 e. The van der Waals surface area contributed by atoms with Crippen LogP contribution < -0.4 is 16.4 Å². The number of nitrogens with two attached hydrogens (primary N) is 1. The molecule has 2 fully saturated rings. The van der Waals surface area contributed by atoms with Crippen molar-refractivity contribution in [3.63, 3.8) is 0 Å². The average Bonchev–Trinajstić information content (AvgIpc) is 3.22. The highest BCUT2D eigenvalue weighted by atomic mass is 16.6. The molecule has 0 aromatic rings. The van der Waals surface area contributed by atoms with E-state index < -0.39 is 47.3 Å². The first-order valence-corrected chi connectivity index (χ1v) is 13.5. The number of likely N-dealkylation sites (tertiary alicyclic amines) is 1. The number of nitrogens with zero attached hydrogens (tertiary/aromatic N) is 1. The maximum absolute atomic E-state index is 12.8. The molecule has 0 bridgehead atoms. The van der Waals surface area contributed by atoms with E-state index in [1.807, 2.05) is 0 Å². The lowest BCUT2D eigenvalue weighted by molar-refractivity contribution is -0.141. The van der Waals surface area contributed by atoms with Crippen LogP contribution in [-0.4, -0.2) is 65.3 Å². The number of ketones is 1. The number of nitrogens with one attached hydrogen (secondary N) is 2. The molecule has 0 radical (unpaired) electrons. The minimum absolute atomic E-state index is 0.276. The number of amides is 4. The molecule has 1 saturated carbocycles. The Hall–Kier alpha value is -2.65. The van der Waals surface area contributed by atoms with Gasteiger partial charge in [-0.1, -0.05) is 60.3 Å². The van der Waals surface area contributed by atoms with Crippen molar-refractivity contribution in [3.05, 3.63) is 0 Å². The Labute approximate surface area is 222 Å². The molecule has 2 rings (SSSR count). The van der Waals surface area contributed by atoms with Crippen LogP contribution in [0.3, 0.4) is 0 Å². The topological polar surface area (TPSA) is 148 Å². The Morgan fingerprint density at radius 3 is 1.97 bits per heavy atom. The SMILES string of the molecule is CC(C)(C)OC(=O)NCC(=O)N1CCCC1C(=O)NC(CC1CCC1)C(=O)C(N)=O.CC(C)C.CCC. The van der Waals surface area contributed by atoms with Crippen LogP contribution >= 0.6 is 0 Å². The minimum atomic E-state index is -1.08. The van der Waals surface area contributed by atoms with E-state index in [9.17, 15) is 24.0 Å². The molecule has 1 saturated heterocycles. The van der Waals surface area contributed by atoms with Gasteiger partial charge in [0.05, 0.1) is 6.04 Å². The summed E-state index contributed by atoms with van der Waals surface area (Å²) >= 11 is 0. The van der Waals surface area contributed by atoms with Crippen LogP contribution in [0.1, 0.15) is 100 Å². The molecule has 2 atom stereocenters. The lowest BCUT2D eigenvalue weighted by atomic mass is 9.80. The molecule has 10 heteroatoms. The van der Waals surface area contributed by atoms with E-state index in [-0.39, 0.29) is 12.5 Å². The van der Waals surface area contributed by atoms with E-state index in [0.717, 1.165) is 25.2 Å². The lowest BCUT2D eigenvalue weighted by Crippen LogP contribution is -2.54. The number of hydrogen-bond acceptors (Lipinski definition) is 6. The van der Waals surface area contributed by atoms with Crippen LogP contribution in [-0.2, 0) is 23.9 Å². The van der Waals surface area contributed by atoms with Crippen LogP contribution in [0.15, 0.2) is 0 Å². The van der Waals surface area contributed by atoms with Crippen LogP contribution in [0.4, 0.5) is 4.79 Å². The molecular formula is C27H50N4O6. The second kappa shape index (κ2) is 17.0. The monoisotopic (exact) mass is 526 g/mol. The van der Waals surface area contributed by atoms with Crippen molar-refractivity contribution < 1.29 is 28.7 Å². The van der Waals surface area contributed by atoms with Gasteiger partial charge in [-0.15, -0.1) is 0 Å². The van der Waals surface area contributed by atoms with Crippen LogP contribution in [0, 0.1) is 11.8 Å². The van der Waals surface area contributed by atoms with E-state index in [1.165, 1.54) is 11.3 Å². The highest BCUT2D eigenvalue weighted by Gasteiger charge is 2.37. The van der Waals surface area contributed by atoms with Crippen molar-refractivity contribution in [2.45, 2.75) is 118 Å². The molecular weight excluding hydrogens is 476 g/mol. The van der Waals surface area contributed by atoms with Crippen LogP contribution in [0.25, 0.3) is 0 Å². The van der Waals surface area contributed by atoms with Gasteiger partial charge in [0.15, 0.2) is 0 Å². The molecule has 214 valence electrons. The third kappa shape index (κ3) is 14.6. The van der Waals surface area contributed by atoms with Gasteiger partial charge in [-0.2, -0.15) is 0 Å². The first kappa shape index (κ1) is 34.4. The Kier molecular flexibility index (Phi) is 15.8. The molecule has 1 aliphatic heterocycles. The third-order valence-electron chi connectivity index (χ3n) is 5.33. The molecule has 10 nitrogen and oxygen atoms in total. The average molecular weight is 527 g/mol. The summed E-state index contributed by atoms with van der Waals surface area (Å²) in [6.45, 7) is 15.9. The lowest BCUT2D eigenvalue weighted by Gasteiger charge is -2.30. The van der Waals surface area contributed by atoms with Gasteiger partial charge in [-0.25, -0.2) is 4.79 Å². The van der Waals surface area contributed by atoms with Gasteiger partial charge in [-0.05, 0) is 51.9 Å². The quantitative estimate of drug-likeness (QED) is 0.413. The van der Waals surface area contributed by atoms with Crippen molar-refractivity contribution in [1.82, 2.24) is 15.5 Å². The Balaban J connectivity index is 0.00000165. The zero-order valence-electron chi connectivity index (χ0n) is 24.1. The molecule has 1 heterocycles. The van der Waals surface area contributed by atoms with E-state index in [1.54, 1.807) is 20.8 Å². The predicted octanol–water partition coefficient (Wildman–Crippen LogP) is 3.31. The molecule has 2 aliphatic rings. The molecule has 4 amide bonds. The first-order valence-electron chi connectivity index (χ1n) is 13.5. The van der Waals surface area contributed by atoms with Crippen molar-refractivity contribution in [3.8, 4) is 0 Å². The summed E-state index contributed by atoms with van der Waals surface area (Å²) in [7, 11) is 0. The molecule has 4 N–H and O–H groups in total. The smallest absolute Gasteiger partial charge is 0.408 e. The highest BCUT2D eigenvalue weighted by Crippen LogP contribution is 2.30. The van der Waals surface area contributed by atoms with Gasteiger partial charge in [0, 0.05) is 6.54 Å². The largest absolute Gasteiger partial charge is 0.444 e. The standard InChI is InChI=1S/C20H32N4O6.C4H10.C3H8/c1-20(2,3)30-19(29)22-11-15(25)24-9-5-8-14(24)18(28)23-13(16(26)17(21)27)10-12-6-4-7-12;1-4(2)3;1-3-2/h12-14H,4-11H2,1-3H3,(H2,21,27)(H,22,29)(H,23,28);4H,1-3H3;3H2,1-2H3. The van der Waals surface area contributed by atoms with Gasteiger partial charge in [0.1, 0.15) is 18.2 Å². The van der Waals surface area contributed by atoms with Crippen molar-refractivity contribution in [1.29, 1.82) is 0 Å². The van der Waals surface area contributed by atoms with Crippen molar-refractivity contribution in [2.24, 2.45) is 17.6 Å². The molecule has 1 aliphatic carbocycles. The van der Waals surface area contributed by atoms with Crippen LogP contribution in [0.2, 0.25) is 0 Å². The van der Waals surface area contributed by atoms with Gasteiger partial charge in [0.25, 0.3) is 5.91 Å². The Morgan fingerprint density at radius 2 is 1.54 bits per heavy atom. The minimum Gasteiger partial charge on any atom is -0.444 e. The third-order valence-corrected chi connectivity index (χ3v) is 5.33. The van der Waals surface area contributed by atoms with Gasteiger partial charge < -0.3 is 26.0 Å². The summed E-state index contributed by atoms with van der Waals surface area (Å²) in [6.07, 6.45) is 4.91. The molecule has 2 unspecified atom stereocenters. The number of primary amides is 1. The Morgan fingerprint density at radius 1 is 1.00 bits per heavy atom. The van der Waals surface area contributed by atoms with E-state index in [4.69, 9.17) is 10.5 Å². The second-order valence-corrected chi connectivity index (χ2v) is 11.4. The van der Waals surface area contributed by atoms with Gasteiger partial charge in [0.2, 0.25) is 17.6 Å². The first-order chi connectivity index (χ1) is 17.1.